The van der Waals surface area contributed by atoms with E-state index in [0.717, 1.165) is 4.90 Å². The number of aromatic nitrogens is 1. The highest BCUT2D eigenvalue weighted by Gasteiger charge is 2.36. The summed E-state index contributed by atoms with van der Waals surface area (Å²) < 4.78 is 5.56. The van der Waals surface area contributed by atoms with Crippen molar-refractivity contribution < 1.29 is 24.2 Å². The van der Waals surface area contributed by atoms with Crippen LogP contribution in [0.5, 0.6) is 11.5 Å². The van der Waals surface area contributed by atoms with E-state index in [2.05, 4.69) is 10.3 Å². The molecule has 3 rings (SSSR count). The van der Waals surface area contributed by atoms with Crippen molar-refractivity contribution in [2.75, 3.05) is 12.0 Å². The number of carbonyl (C=O) groups is 3. The largest absolute Gasteiger partial charge is 0.504 e. The average Bonchev–Trinajstić information content (AvgIpc) is 2.62. The number of imide groups is 2. The van der Waals surface area contributed by atoms with Crippen LogP contribution in [0.1, 0.15) is 5.56 Å². The van der Waals surface area contributed by atoms with Crippen molar-refractivity contribution >= 4 is 52.2 Å². The molecule has 0 aliphatic carbocycles. The second-order valence-electron chi connectivity index (χ2n) is 5.22. The molecule has 0 unspecified atom stereocenters. The highest BCUT2D eigenvalue weighted by Crippen LogP contribution is 2.33. The zero-order valence-electron chi connectivity index (χ0n) is 13.4. The number of barbiturate groups is 1. The maximum atomic E-state index is 12.7. The zero-order valence-corrected chi connectivity index (χ0v) is 15.6. The van der Waals surface area contributed by atoms with Gasteiger partial charge in [-0.15, -0.1) is 0 Å². The third-order valence-electron chi connectivity index (χ3n) is 3.60. The summed E-state index contributed by atoms with van der Waals surface area (Å²) in [6.45, 7) is 0. The molecule has 1 aliphatic heterocycles. The number of aromatic hydroxyl groups is 1. The molecule has 8 nitrogen and oxygen atoms in total. The van der Waals surface area contributed by atoms with Crippen LogP contribution in [-0.2, 0) is 9.59 Å². The number of ether oxygens (including phenoxy) is 1. The Morgan fingerprint density at radius 3 is 2.58 bits per heavy atom. The molecule has 0 radical (unpaired) electrons. The molecule has 4 amide bonds. The summed E-state index contributed by atoms with van der Waals surface area (Å²) in [6.07, 6.45) is 4.20. The highest BCUT2D eigenvalue weighted by molar-refractivity contribution is 14.1. The van der Waals surface area contributed by atoms with Crippen LogP contribution >= 0.6 is 22.6 Å². The number of amides is 4. The van der Waals surface area contributed by atoms with Gasteiger partial charge in [-0.25, -0.2) is 9.69 Å². The number of phenols is 1. The number of halogens is 1. The molecule has 0 spiro atoms. The number of hydrogen-bond donors (Lipinski definition) is 2. The van der Waals surface area contributed by atoms with E-state index in [4.69, 9.17) is 4.74 Å². The second-order valence-corrected chi connectivity index (χ2v) is 6.38. The minimum Gasteiger partial charge on any atom is -0.504 e. The van der Waals surface area contributed by atoms with E-state index in [1.165, 1.54) is 43.8 Å². The standard InChI is InChI=1S/C17H12IN3O5/c1-26-13-8-9(7-12(18)14(13)22)6-11-15(23)20-17(25)21(16(11)24)10-2-4-19-5-3-10/h2-8,22H,1H3,(H,20,23,25)/b11-6+. The predicted molar refractivity (Wildman–Crippen MR) is 101 cm³/mol. The normalized spacial score (nSPS) is 16.0. The van der Waals surface area contributed by atoms with E-state index < -0.39 is 17.8 Å². The van der Waals surface area contributed by atoms with Gasteiger partial charge in [0, 0.05) is 12.4 Å². The molecule has 0 saturated carbocycles. The van der Waals surface area contributed by atoms with E-state index in [9.17, 15) is 19.5 Å². The quantitative estimate of drug-likeness (QED) is 0.408. The number of methoxy groups -OCH3 is 1. The van der Waals surface area contributed by atoms with Crippen molar-refractivity contribution in [2.24, 2.45) is 0 Å². The Kier molecular flexibility index (Phi) is 4.89. The van der Waals surface area contributed by atoms with E-state index in [0.29, 0.717) is 14.8 Å². The SMILES string of the molecule is COc1cc(/C=C2\C(=O)NC(=O)N(c3ccncc3)C2=O)cc(I)c1O. The molecule has 1 fully saturated rings. The molecule has 2 N–H and O–H groups in total. The minimum atomic E-state index is -0.832. The first-order chi connectivity index (χ1) is 12.4. The van der Waals surface area contributed by atoms with Crippen LogP contribution in [0.2, 0.25) is 0 Å². The van der Waals surface area contributed by atoms with E-state index in [1.54, 1.807) is 6.07 Å². The average molecular weight is 465 g/mol. The molecule has 1 aliphatic rings. The Bertz CT molecular complexity index is 943. The lowest BCUT2D eigenvalue weighted by molar-refractivity contribution is -0.122. The molecule has 0 bridgehead atoms. The molecule has 1 aromatic heterocycles. The fourth-order valence-corrected chi connectivity index (χ4v) is 3.01. The van der Waals surface area contributed by atoms with Crippen LogP contribution in [0.4, 0.5) is 10.5 Å². The Balaban J connectivity index is 2.05. The van der Waals surface area contributed by atoms with Gasteiger partial charge in [0.15, 0.2) is 11.5 Å². The molecule has 26 heavy (non-hydrogen) atoms. The number of nitrogens with one attached hydrogen (secondary N) is 1. The van der Waals surface area contributed by atoms with Gasteiger partial charge < -0.3 is 9.84 Å². The van der Waals surface area contributed by atoms with Gasteiger partial charge in [0.05, 0.1) is 16.4 Å². The van der Waals surface area contributed by atoms with Crippen LogP contribution in [0.15, 0.2) is 42.2 Å². The topological polar surface area (TPSA) is 109 Å². The Labute approximate surface area is 161 Å². The number of rotatable bonds is 3. The fraction of sp³-hybridized carbons (Fsp3) is 0.0588. The van der Waals surface area contributed by atoms with Crippen LogP contribution in [-0.4, -0.2) is 35.0 Å². The molecule has 132 valence electrons. The number of hydrogen-bond acceptors (Lipinski definition) is 6. The highest BCUT2D eigenvalue weighted by atomic mass is 127. The lowest BCUT2D eigenvalue weighted by Crippen LogP contribution is -2.54. The number of nitrogens with zero attached hydrogens (tertiary/aromatic N) is 2. The van der Waals surface area contributed by atoms with Gasteiger partial charge in [-0.3, -0.25) is 19.9 Å². The summed E-state index contributed by atoms with van der Waals surface area (Å²) in [7, 11) is 1.39. The van der Waals surface area contributed by atoms with Crippen LogP contribution in [0.25, 0.3) is 6.08 Å². The van der Waals surface area contributed by atoms with E-state index >= 15 is 0 Å². The molecule has 2 aromatic rings. The molecule has 9 heteroatoms. The van der Waals surface area contributed by atoms with E-state index in [1.807, 2.05) is 22.6 Å². The number of anilines is 1. The van der Waals surface area contributed by atoms with Crippen LogP contribution in [0, 0.1) is 3.57 Å². The van der Waals surface area contributed by atoms with Gasteiger partial charge in [0.25, 0.3) is 11.8 Å². The molecule has 0 atom stereocenters. The number of urea groups is 1. The molecule has 1 saturated heterocycles. The predicted octanol–water partition coefficient (Wildman–Crippen LogP) is 2.07. The molecule has 2 heterocycles. The summed E-state index contributed by atoms with van der Waals surface area (Å²) in [5.74, 6) is -1.39. The number of benzene rings is 1. The summed E-state index contributed by atoms with van der Waals surface area (Å²) in [5.41, 5.74) is 0.537. The number of phenolic OH excluding ortho intramolecular Hbond substituents is 1. The van der Waals surface area contributed by atoms with Crippen molar-refractivity contribution in [1.82, 2.24) is 10.3 Å². The first-order valence-electron chi connectivity index (χ1n) is 7.30. The maximum absolute atomic E-state index is 12.7. The van der Waals surface area contributed by atoms with Gasteiger partial charge in [0.2, 0.25) is 0 Å². The van der Waals surface area contributed by atoms with E-state index in [-0.39, 0.29) is 17.1 Å². The third-order valence-corrected chi connectivity index (χ3v) is 4.43. The number of carbonyl (C=O) groups excluding carboxylic acids is 3. The van der Waals surface area contributed by atoms with Crippen molar-refractivity contribution in [3.05, 3.63) is 51.4 Å². The van der Waals surface area contributed by atoms with Gasteiger partial charge >= 0.3 is 6.03 Å². The van der Waals surface area contributed by atoms with Crippen LogP contribution in [0.3, 0.4) is 0 Å². The molecular weight excluding hydrogens is 453 g/mol. The van der Waals surface area contributed by atoms with Gasteiger partial charge in [0.1, 0.15) is 5.57 Å². The molecule has 1 aromatic carbocycles. The van der Waals surface area contributed by atoms with Crippen LogP contribution < -0.4 is 15.0 Å². The summed E-state index contributed by atoms with van der Waals surface area (Å²) in [6, 6.07) is 5.20. The van der Waals surface area contributed by atoms with Gasteiger partial charge in [-0.2, -0.15) is 0 Å². The third kappa shape index (κ3) is 3.25. The first-order valence-corrected chi connectivity index (χ1v) is 8.38. The summed E-state index contributed by atoms with van der Waals surface area (Å²) in [5, 5.41) is 12.0. The van der Waals surface area contributed by atoms with Crippen molar-refractivity contribution in [3.63, 3.8) is 0 Å². The Hall–Kier alpha value is -2.95. The zero-order chi connectivity index (χ0) is 18.8. The van der Waals surface area contributed by atoms with Crippen molar-refractivity contribution in [2.45, 2.75) is 0 Å². The maximum Gasteiger partial charge on any atom is 0.335 e. The Morgan fingerprint density at radius 1 is 1.23 bits per heavy atom. The summed E-state index contributed by atoms with van der Waals surface area (Å²) in [4.78, 5) is 41.7. The fourth-order valence-electron chi connectivity index (χ4n) is 2.38. The van der Waals surface area contributed by atoms with Crippen molar-refractivity contribution in [3.8, 4) is 11.5 Å². The first kappa shape index (κ1) is 17.9. The molecular formula is C17H12IN3O5. The number of pyridine rings is 1. The van der Waals surface area contributed by atoms with Crippen molar-refractivity contribution in [1.29, 1.82) is 0 Å². The van der Waals surface area contributed by atoms with Gasteiger partial charge in [-0.05, 0) is 58.5 Å². The summed E-state index contributed by atoms with van der Waals surface area (Å²) >= 11 is 1.90. The lowest BCUT2D eigenvalue weighted by Gasteiger charge is -2.26. The second kappa shape index (κ2) is 7.12. The van der Waals surface area contributed by atoms with Gasteiger partial charge in [-0.1, -0.05) is 0 Å². The Morgan fingerprint density at radius 2 is 1.92 bits per heavy atom. The lowest BCUT2D eigenvalue weighted by atomic mass is 10.1. The monoisotopic (exact) mass is 465 g/mol. The smallest absolute Gasteiger partial charge is 0.335 e. The minimum absolute atomic E-state index is 0.0386.